The molecule has 0 bridgehead atoms. The Bertz CT molecular complexity index is 671. The molecule has 0 unspecified atom stereocenters. The predicted molar refractivity (Wildman–Crippen MR) is 79.8 cm³/mol. The van der Waals surface area contributed by atoms with Gasteiger partial charge in [-0.1, -0.05) is 12.1 Å². The van der Waals surface area contributed by atoms with Gasteiger partial charge in [0.1, 0.15) is 5.69 Å². The van der Waals surface area contributed by atoms with E-state index in [1.807, 2.05) is 6.07 Å². The van der Waals surface area contributed by atoms with Crippen LogP contribution in [0, 0.1) is 17.0 Å². The Kier molecular flexibility index (Phi) is 4.27. The Hall–Kier alpha value is -2.76. The van der Waals surface area contributed by atoms with Gasteiger partial charge in [-0.3, -0.25) is 10.1 Å². The van der Waals surface area contributed by atoms with E-state index in [1.54, 1.807) is 19.1 Å². The van der Waals surface area contributed by atoms with Crippen molar-refractivity contribution in [2.75, 3.05) is 11.9 Å². The lowest BCUT2D eigenvalue weighted by atomic mass is 10.1. The van der Waals surface area contributed by atoms with Crippen molar-refractivity contribution in [3.63, 3.8) is 0 Å². The van der Waals surface area contributed by atoms with Gasteiger partial charge in [0.25, 0.3) is 5.69 Å². The molecule has 0 saturated heterocycles. The topological polar surface area (TPSA) is 95.6 Å². The third-order valence-corrected chi connectivity index (χ3v) is 3.12. The smallest absolute Gasteiger partial charge is 0.292 e. The first-order valence-electron chi connectivity index (χ1n) is 6.47. The first-order chi connectivity index (χ1) is 9.97. The lowest BCUT2D eigenvalue weighted by Gasteiger charge is -2.08. The second-order valence-corrected chi connectivity index (χ2v) is 4.78. The first-order valence-corrected chi connectivity index (χ1v) is 6.47. The molecule has 0 aliphatic rings. The molecule has 0 atom stereocenters. The third kappa shape index (κ3) is 3.62. The van der Waals surface area contributed by atoms with Gasteiger partial charge in [0.05, 0.1) is 4.92 Å². The Morgan fingerprint density at radius 1 is 1.14 bits per heavy atom. The first kappa shape index (κ1) is 14.6. The van der Waals surface area contributed by atoms with Gasteiger partial charge in [-0.25, -0.2) is 0 Å². The van der Waals surface area contributed by atoms with Crippen LogP contribution in [0.25, 0.3) is 0 Å². The summed E-state index contributed by atoms with van der Waals surface area (Å²) in [5.74, 6) is -0.338. The van der Waals surface area contributed by atoms with Crippen molar-refractivity contribution in [3.05, 3.63) is 57.6 Å². The number of hydrogen-bond acceptors (Lipinski definition) is 5. The highest BCUT2D eigenvalue weighted by molar-refractivity contribution is 5.62. The van der Waals surface area contributed by atoms with Crippen molar-refractivity contribution in [1.29, 1.82) is 0 Å². The summed E-state index contributed by atoms with van der Waals surface area (Å²) in [5, 5.41) is 32.6. The summed E-state index contributed by atoms with van der Waals surface area (Å²) in [6, 6.07) is 9.60. The van der Waals surface area contributed by atoms with E-state index in [0.29, 0.717) is 18.7 Å². The molecule has 2 rings (SSSR count). The summed E-state index contributed by atoms with van der Waals surface area (Å²) in [5.41, 5.74) is 2.17. The number of aromatic hydroxyl groups is 2. The van der Waals surface area contributed by atoms with Gasteiger partial charge in [0.15, 0.2) is 11.5 Å². The van der Waals surface area contributed by atoms with E-state index >= 15 is 0 Å². The molecule has 2 aromatic rings. The SMILES string of the molecule is Cc1ccc(NCCc2ccc(O)c(O)c2)c([N+](=O)[O-])c1. The summed E-state index contributed by atoms with van der Waals surface area (Å²) < 4.78 is 0. The Balaban J connectivity index is 2.03. The number of phenolic OH excluding ortho intramolecular Hbond substituents is 2. The van der Waals surface area contributed by atoms with E-state index in [1.165, 1.54) is 18.2 Å². The van der Waals surface area contributed by atoms with E-state index in [0.717, 1.165) is 11.1 Å². The number of phenols is 2. The van der Waals surface area contributed by atoms with E-state index in [4.69, 9.17) is 0 Å². The van der Waals surface area contributed by atoms with E-state index < -0.39 is 4.92 Å². The average molecular weight is 288 g/mol. The zero-order valence-corrected chi connectivity index (χ0v) is 11.5. The van der Waals surface area contributed by atoms with Crippen LogP contribution in [0.1, 0.15) is 11.1 Å². The highest BCUT2D eigenvalue weighted by Crippen LogP contribution is 2.26. The van der Waals surface area contributed by atoms with Crippen LogP contribution in [-0.4, -0.2) is 21.7 Å². The van der Waals surface area contributed by atoms with Crippen LogP contribution >= 0.6 is 0 Å². The van der Waals surface area contributed by atoms with Gasteiger partial charge >= 0.3 is 0 Å². The van der Waals surface area contributed by atoms with Crippen LogP contribution in [0.3, 0.4) is 0 Å². The number of anilines is 1. The minimum atomic E-state index is -0.415. The summed E-state index contributed by atoms with van der Waals surface area (Å²) in [6.07, 6.45) is 0.568. The van der Waals surface area contributed by atoms with Crippen LogP contribution in [0.15, 0.2) is 36.4 Å². The summed E-state index contributed by atoms with van der Waals surface area (Å²) >= 11 is 0. The van der Waals surface area contributed by atoms with Crippen molar-refractivity contribution >= 4 is 11.4 Å². The van der Waals surface area contributed by atoms with E-state index in [2.05, 4.69) is 5.32 Å². The van der Waals surface area contributed by atoms with Crippen molar-refractivity contribution in [1.82, 2.24) is 0 Å². The Labute approximate surface area is 121 Å². The zero-order valence-electron chi connectivity index (χ0n) is 11.5. The van der Waals surface area contributed by atoms with Crippen molar-refractivity contribution < 1.29 is 15.1 Å². The molecular weight excluding hydrogens is 272 g/mol. The van der Waals surface area contributed by atoms with E-state index in [-0.39, 0.29) is 17.2 Å². The maximum atomic E-state index is 11.0. The fourth-order valence-electron chi connectivity index (χ4n) is 2.01. The molecule has 0 saturated carbocycles. The lowest BCUT2D eigenvalue weighted by molar-refractivity contribution is -0.384. The molecule has 0 fully saturated rings. The van der Waals surface area contributed by atoms with Crippen LogP contribution in [0.4, 0.5) is 11.4 Å². The predicted octanol–water partition coefficient (Wildman–Crippen LogP) is 2.97. The molecule has 0 amide bonds. The average Bonchev–Trinajstić information content (AvgIpc) is 2.44. The number of rotatable bonds is 5. The molecule has 110 valence electrons. The maximum Gasteiger partial charge on any atom is 0.292 e. The standard InChI is InChI=1S/C15H16N2O4/c1-10-2-4-12(13(8-10)17(20)21)16-7-6-11-3-5-14(18)15(19)9-11/h2-5,8-9,16,18-19H,6-7H2,1H3. The number of nitrogens with one attached hydrogen (secondary N) is 1. The van der Waals surface area contributed by atoms with Crippen LogP contribution in [0.2, 0.25) is 0 Å². The maximum absolute atomic E-state index is 11.0. The van der Waals surface area contributed by atoms with E-state index in [9.17, 15) is 20.3 Å². The molecule has 0 radical (unpaired) electrons. The minimum absolute atomic E-state index is 0.0450. The van der Waals surface area contributed by atoms with Crippen LogP contribution in [-0.2, 0) is 6.42 Å². The fourth-order valence-corrected chi connectivity index (χ4v) is 2.01. The number of nitro groups is 1. The van der Waals surface area contributed by atoms with Gasteiger partial charge in [-0.15, -0.1) is 0 Å². The van der Waals surface area contributed by atoms with Gasteiger partial charge in [-0.2, -0.15) is 0 Å². The molecule has 0 aliphatic heterocycles. The number of hydrogen-bond donors (Lipinski definition) is 3. The quantitative estimate of drug-likeness (QED) is 0.446. The summed E-state index contributed by atoms with van der Waals surface area (Å²) in [4.78, 5) is 10.6. The molecule has 2 aromatic carbocycles. The number of nitrogens with zero attached hydrogens (tertiary/aromatic N) is 1. The largest absolute Gasteiger partial charge is 0.504 e. The van der Waals surface area contributed by atoms with Gasteiger partial charge < -0.3 is 15.5 Å². The van der Waals surface area contributed by atoms with Gasteiger partial charge in [0.2, 0.25) is 0 Å². The summed E-state index contributed by atoms with van der Waals surface area (Å²) in [7, 11) is 0. The number of nitro benzene ring substituents is 1. The molecule has 21 heavy (non-hydrogen) atoms. The second-order valence-electron chi connectivity index (χ2n) is 4.78. The molecule has 0 aliphatic carbocycles. The highest BCUT2D eigenvalue weighted by atomic mass is 16.6. The monoisotopic (exact) mass is 288 g/mol. The van der Waals surface area contributed by atoms with Crippen molar-refractivity contribution in [2.24, 2.45) is 0 Å². The van der Waals surface area contributed by atoms with Crippen molar-refractivity contribution in [3.8, 4) is 11.5 Å². The molecule has 6 heteroatoms. The fraction of sp³-hybridized carbons (Fsp3) is 0.200. The number of aryl methyl sites for hydroxylation is 1. The number of benzene rings is 2. The Morgan fingerprint density at radius 3 is 2.57 bits per heavy atom. The minimum Gasteiger partial charge on any atom is -0.504 e. The molecule has 0 heterocycles. The zero-order chi connectivity index (χ0) is 15.4. The highest BCUT2D eigenvalue weighted by Gasteiger charge is 2.13. The molecule has 6 nitrogen and oxygen atoms in total. The van der Waals surface area contributed by atoms with Gasteiger partial charge in [-0.05, 0) is 42.7 Å². The normalized spacial score (nSPS) is 10.3. The Morgan fingerprint density at radius 2 is 1.90 bits per heavy atom. The second kappa shape index (κ2) is 6.13. The molecular formula is C15H16N2O4. The molecule has 0 spiro atoms. The summed E-state index contributed by atoms with van der Waals surface area (Å²) in [6.45, 7) is 2.28. The van der Waals surface area contributed by atoms with Crippen molar-refractivity contribution in [2.45, 2.75) is 13.3 Å². The molecule has 3 N–H and O–H groups in total. The molecule has 0 aromatic heterocycles. The lowest BCUT2D eigenvalue weighted by Crippen LogP contribution is -2.07. The third-order valence-electron chi connectivity index (χ3n) is 3.12. The van der Waals surface area contributed by atoms with Gasteiger partial charge in [0, 0.05) is 12.6 Å². The van der Waals surface area contributed by atoms with Crippen LogP contribution in [0.5, 0.6) is 11.5 Å². The van der Waals surface area contributed by atoms with Crippen LogP contribution < -0.4 is 5.32 Å².